The van der Waals surface area contributed by atoms with Gasteiger partial charge >= 0.3 is 0 Å². The molecule has 0 spiro atoms. The minimum atomic E-state index is -1.06. The quantitative estimate of drug-likeness (QED) is 0.337. The lowest BCUT2D eigenvalue weighted by atomic mass is 9.96. The molecule has 11 heteroatoms. The zero-order valence-corrected chi connectivity index (χ0v) is 25.6. The van der Waals surface area contributed by atoms with Crippen molar-refractivity contribution in [2.45, 2.75) is 37.9 Å². The average molecular weight is 619 g/mol. The monoisotopic (exact) mass is 618 g/mol. The zero-order valence-electron chi connectivity index (χ0n) is 24.9. The minimum Gasteiger partial charge on any atom is -0.368 e. The van der Waals surface area contributed by atoms with Gasteiger partial charge in [-0.25, -0.2) is 0 Å². The van der Waals surface area contributed by atoms with E-state index >= 15 is 0 Å². The Morgan fingerprint density at radius 1 is 1.02 bits per heavy atom. The van der Waals surface area contributed by atoms with Gasteiger partial charge in [0.2, 0.25) is 17.7 Å². The molecular weight excluding hydrogens is 580 g/mol. The molecule has 0 aliphatic carbocycles. The average Bonchev–Trinajstić information content (AvgIpc) is 3.14. The Bertz CT molecular complexity index is 1520. The Hall–Kier alpha value is -3.99. The van der Waals surface area contributed by atoms with Crippen LogP contribution in [-0.4, -0.2) is 96.2 Å². The summed E-state index contributed by atoms with van der Waals surface area (Å²) in [5.74, 6) is -1.68. The van der Waals surface area contributed by atoms with Gasteiger partial charge in [0.25, 0.3) is 5.91 Å². The van der Waals surface area contributed by atoms with Gasteiger partial charge in [0.1, 0.15) is 12.1 Å². The number of carbonyl (C=O) groups is 4. The summed E-state index contributed by atoms with van der Waals surface area (Å²) < 4.78 is 0. The second-order valence-corrected chi connectivity index (χ2v) is 11.9. The molecule has 0 radical (unpaired) electrons. The third-order valence-electron chi connectivity index (χ3n) is 8.52. The largest absolute Gasteiger partial charge is 0.368 e. The van der Waals surface area contributed by atoms with Gasteiger partial charge in [-0.15, -0.1) is 0 Å². The molecule has 44 heavy (non-hydrogen) atoms. The molecule has 0 unspecified atom stereocenters. The topological polar surface area (TPSA) is 128 Å². The lowest BCUT2D eigenvalue weighted by molar-refractivity contribution is -0.148. The van der Waals surface area contributed by atoms with Crippen LogP contribution in [0.15, 0.2) is 66.7 Å². The molecule has 5 rings (SSSR count). The molecule has 0 bridgehead atoms. The number of hydrogen-bond donors (Lipinski definition) is 3. The fourth-order valence-corrected chi connectivity index (χ4v) is 6.42. The van der Waals surface area contributed by atoms with E-state index < -0.39 is 29.8 Å². The van der Waals surface area contributed by atoms with E-state index in [-0.39, 0.29) is 38.0 Å². The molecule has 4 N–H and O–H groups in total. The fourth-order valence-electron chi connectivity index (χ4n) is 6.22. The normalized spacial score (nSPS) is 20.3. The lowest BCUT2D eigenvalue weighted by Crippen LogP contribution is -2.53. The summed E-state index contributed by atoms with van der Waals surface area (Å²) >= 11 is 6.36. The van der Waals surface area contributed by atoms with Crippen molar-refractivity contribution in [1.29, 1.82) is 0 Å². The summed E-state index contributed by atoms with van der Waals surface area (Å²) in [5.41, 5.74) is 7.40. The van der Waals surface area contributed by atoms with E-state index in [4.69, 9.17) is 17.3 Å². The summed E-state index contributed by atoms with van der Waals surface area (Å²) in [6, 6.07) is 18.2. The molecule has 4 amide bonds. The number of fused-ring (bicyclic) bond motifs is 1. The lowest BCUT2D eigenvalue weighted by Gasteiger charge is -2.36. The van der Waals surface area contributed by atoms with Crippen LogP contribution < -0.4 is 16.4 Å². The van der Waals surface area contributed by atoms with Gasteiger partial charge in [-0.3, -0.25) is 24.1 Å². The fraction of sp³-hybridized carbons (Fsp3) is 0.394. The number of nitrogens with zero attached hydrogens (tertiary/aromatic N) is 3. The van der Waals surface area contributed by atoms with E-state index in [1.165, 1.54) is 9.80 Å². The number of piperazine rings is 1. The van der Waals surface area contributed by atoms with Crippen LogP contribution in [0, 0.1) is 0 Å². The third kappa shape index (κ3) is 7.20. The van der Waals surface area contributed by atoms with E-state index in [1.807, 2.05) is 54.3 Å². The molecule has 2 fully saturated rings. The molecule has 0 saturated carbocycles. The van der Waals surface area contributed by atoms with Crippen molar-refractivity contribution in [2.75, 3.05) is 45.8 Å². The first-order valence-electron chi connectivity index (χ1n) is 15.1. The van der Waals surface area contributed by atoms with Crippen molar-refractivity contribution in [2.24, 2.45) is 5.73 Å². The maximum absolute atomic E-state index is 14.5. The summed E-state index contributed by atoms with van der Waals surface area (Å²) in [4.78, 5) is 59.1. The van der Waals surface area contributed by atoms with E-state index in [9.17, 15) is 19.2 Å². The Morgan fingerprint density at radius 2 is 1.75 bits per heavy atom. The SMILES string of the molecule is C[C@@H]1CCN([C@H](Cc2cccc3ccccc23)C(N)=O)C(=O)[C@@H](c2cccc(Cl)c2)N1C(=O)CNC(=O)CN1CCNCC1. The molecule has 3 aromatic carbocycles. The van der Waals surface area contributed by atoms with Crippen molar-refractivity contribution < 1.29 is 19.2 Å². The molecule has 2 aliphatic rings. The molecule has 10 nitrogen and oxygen atoms in total. The Labute approximate surface area is 262 Å². The Morgan fingerprint density at radius 3 is 2.50 bits per heavy atom. The highest BCUT2D eigenvalue weighted by Crippen LogP contribution is 2.33. The molecule has 3 aromatic rings. The van der Waals surface area contributed by atoms with Crippen molar-refractivity contribution in [3.8, 4) is 0 Å². The number of carbonyl (C=O) groups excluding carboxylic acids is 4. The van der Waals surface area contributed by atoms with Crippen molar-refractivity contribution >= 4 is 46.0 Å². The summed E-state index contributed by atoms with van der Waals surface area (Å²) in [7, 11) is 0. The predicted molar refractivity (Wildman–Crippen MR) is 170 cm³/mol. The van der Waals surface area contributed by atoms with Gasteiger partial charge in [-0.05, 0) is 47.4 Å². The van der Waals surface area contributed by atoms with Crippen LogP contribution in [0.1, 0.15) is 30.5 Å². The number of nitrogens with two attached hydrogens (primary N) is 1. The Balaban J connectivity index is 1.42. The van der Waals surface area contributed by atoms with E-state index in [0.29, 0.717) is 17.0 Å². The van der Waals surface area contributed by atoms with Crippen LogP contribution in [0.3, 0.4) is 0 Å². The van der Waals surface area contributed by atoms with Crippen molar-refractivity contribution in [3.63, 3.8) is 0 Å². The van der Waals surface area contributed by atoms with Gasteiger partial charge in [0.05, 0.1) is 13.1 Å². The number of hydrogen-bond acceptors (Lipinski definition) is 6. The molecule has 2 aliphatic heterocycles. The number of halogens is 1. The van der Waals surface area contributed by atoms with Gasteiger partial charge in [-0.2, -0.15) is 0 Å². The highest BCUT2D eigenvalue weighted by molar-refractivity contribution is 6.30. The Kier molecular flexibility index (Phi) is 10.1. The molecule has 0 aromatic heterocycles. The number of benzene rings is 3. The number of amides is 4. The van der Waals surface area contributed by atoms with Crippen LogP contribution in [-0.2, 0) is 25.6 Å². The minimum absolute atomic E-state index is 0.198. The maximum Gasteiger partial charge on any atom is 0.250 e. The molecule has 232 valence electrons. The van der Waals surface area contributed by atoms with Gasteiger partial charge in [0.15, 0.2) is 0 Å². The van der Waals surface area contributed by atoms with Crippen LogP contribution in [0.2, 0.25) is 5.02 Å². The van der Waals surface area contributed by atoms with Gasteiger partial charge < -0.3 is 26.2 Å². The molecule has 3 atom stereocenters. The van der Waals surface area contributed by atoms with Crippen LogP contribution in [0.25, 0.3) is 10.8 Å². The second-order valence-electron chi connectivity index (χ2n) is 11.5. The van der Waals surface area contributed by atoms with Crippen molar-refractivity contribution in [3.05, 3.63) is 82.9 Å². The molecule has 2 saturated heterocycles. The third-order valence-corrected chi connectivity index (χ3v) is 8.76. The smallest absolute Gasteiger partial charge is 0.250 e. The zero-order chi connectivity index (χ0) is 31.2. The summed E-state index contributed by atoms with van der Waals surface area (Å²) in [6.45, 7) is 5.18. The van der Waals surface area contributed by atoms with Crippen LogP contribution in [0.5, 0.6) is 0 Å². The molecule has 2 heterocycles. The maximum atomic E-state index is 14.5. The number of rotatable bonds is 9. The standard InChI is InChI=1S/C33H39ClN6O4/c1-22-12-15-39(28(32(35)43)19-24-8-4-7-23-6-2-3-11-27(23)24)33(44)31(25-9-5-10-26(34)18-25)40(22)30(42)20-37-29(41)21-38-16-13-36-14-17-38/h2-11,18,22,28,31,36H,12-17,19-21H2,1H3,(H2,35,43)(H,37,41)/t22-,28-,31-/m1/s1. The second kappa shape index (κ2) is 14.2. The van der Waals surface area contributed by atoms with Crippen LogP contribution in [0.4, 0.5) is 0 Å². The number of primary amides is 1. The highest BCUT2D eigenvalue weighted by Gasteiger charge is 2.43. The molecular formula is C33H39ClN6O4. The first-order chi connectivity index (χ1) is 21.2. The summed E-state index contributed by atoms with van der Waals surface area (Å²) in [5, 5.41) is 8.42. The summed E-state index contributed by atoms with van der Waals surface area (Å²) in [6.07, 6.45) is 0.650. The first-order valence-corrected chi connectivity index (χ1v) is 15.4. The first kappa shape index (κ1) is 31.4. The van der Waals surface area contributed by atoms with E-state index in [2.05, 4.69) is 10.6 Å². The van der Waals surface area contributed by atoms with E-state index in [0.717, 1.165) is 42.5 Å². The highest BCUT2D eigenvalue weighted by atomic mass is 35.5. The van der Waals surface area contributed by atoms with Crippen molar-refractivity contribution in [1.82, 2.24) is 25.3 Å². The van der Waals surface area contributed by atoms with Gasteiger partial charge in [0, 0.05) is 50.2 Å². The predicted octanol–water partition coefficient (Wildman–Crippen LogP) is 2.10. The van der Waals surface area contributed by atoms with Crippen LogP contribution >= 0.6 is 11.6 Å². The van der Waals surface area contributed by atoms with E-state index in [1.54, 1.807) is 24.3 Å². The number of nitrogens with one attached hydrogen (secondary N) is 2. The van der Waals surface area contributed by atoms with Gasteiger partial charge in [-0.1, -0.05) is 66.2 Å².